The standard InChI is InChI=1S/C7H7Cl3N2/c1-2-3(8)7(12)5(10)4(9)6(2)11/h11-12H2,1H3. The van der Waals surface area contributed by atoms with Crippen LogP contribution in [0.4, 0.5) is 11.4 Å². The molecule has 0 amide bonds. The molecular weight excluding hydrogens is 218 g/mol. The summed E-state index contributed by atoms with van der Waals surface area (Å²) in [6.45, 7) is 1.73. The van der Waals surface area contributed by atoms with E-state index in [0.29, 0.717) is 16.3 Å². The zero-order chi connectivity index (χ0) is 9.46. The van der Waals surface area contributed by atoms with Crippen LogP contribution in [0.1, 0.15) is 5.56 Å². The Morgan fingerprint density at radius 1 is 0.833 bits per heavy atom. The third-order valence-corrected chi connectivity index (χ3v) is 3.00. The Morgan fingerprint density at radius 3 is 1.75 bits per heavy atom. The highest BCUT2D eigenvalue weighted by molar-refractivity contribution is 6.47. The highest BCUT2D eigenvalue weighted by Gasteiger charge is 2.14. The van der Waals surface area contributed by atoms with E-state index in [1.54, 1.807) is 6.92 Å². The predicted molar refractivity (Wildman–Crippen MR) is 55.0 cm³/mol. The zero-order valence-corrected chi connectivity index (χ0v) is 8.56. The summed E-state index contributed by atoms with van der Waals surface area (Å²) in [5.41, 5.74) is 12.4. The van der Waals surface area contributed by atoms with E-state index >= 15 is 0 Å². The minimum Gasteiger partial charge on any atom is -0.397 e. The lowest BCUT2D eigenvalue weighted by Crippen LogP contribution is -1.97. The first-order chi connectivity index (χ1) is 5.46. The van der Waals surface area contributed by atoms with E-state index in [4.69, 9.17) is 46.3 Å². The van der Waals surface area contributed by atoms with Crippen molar-refractivity contribution in [1.29, 1.82) is 0 Å². The number of nitrogens with two attached hydrogens (primary N) is 2. The molecule has 5 heteroatoms. The molecule has 0 aliphatic rings. The second-order valence-corrected chi connectivity index (χ2v) is 3.53. The van der Waals surface area contributed by atoms with Gasteiger partial charge in [-0.1, -0.05) is 34.8 Å². The molecule has 66 valence electrons. The first-order valence-electron chi connectivity index (χ1n) is 3.14. The van der Waals surface area contributed by atoms with E-state index in [0.717, 1.165) is 0 Å². The molecule has 0 aliphatic heterocycles. The SMILES string of the molecule is Cc1c(N)c(Cl)c(Cl)c(N)c1Cl. The third-order valence-electron chi connectivity index (χ3n) is 1.64. The van der Waals surface area contributed by atoms with Gasteiger partial charge in [0.05, 0.1) is 26.4 Å². The summed E-state index contributed by atoms with van der Waals surface area (Å²) in [6, 6.07) is 0. The Bertz CT molecular complexity index is 231. The van der Waals surface area contributed by atoms with Crippen LogP contribution in [-0.4, -0.2) is 0 Å². The van der Waals surface area contributed by atoms with Gasteiger partial charge in [0.25, 0.3) is 0 Å². The van der Waals surface area contributed by atoms with E-state index in [1.165, 1.54) is 0 Å². The van der Waals surface area contributed by atoms with Crippen LogP contribution < -0.4 is 11.5 Å². The van der Waals surface area contributed by atoms with Crippen LogP contribution in [0.2, 0.25) is 15.1 Å². The van der Waals surface area contributed by atoms with Gasteiger partial charge in [-0.05, 0) is 12.5 Å². The molecule has 0 aromatic heterocycles. The maximum atomic E-state index is 5.81. The number of rotatable bonds is 0. The number of hydrogen-bond donors (Lipinski definition) is 2. The van der Waals surface area contributed by atoms with Crippen molar-refractivity contribution >= 4 is 46.2 Å². The molecule has 0 bridgehead atoms. The summed E-state index contributed by atoms with van der Waals surface area (Å²) in [6.07, 6.45) is 0. The van der Waals surface area contributed by atoms with Crippen molar-refractivity contribution in [3.8, 4) is 0 Å². The molecule has 4 N–H and O–H groups in total. The Labute approximate surface area is 85.4 Å². The minimum atomic E-state index is 0.213. The van der Waals surface area contributed by atoms with Crippen LogP contribution in [0.3, 0.4) is 0 Å². The van der Waals surface area contributed by atoms with Gasteiger partial charge in [0.1, 0.15) is 0 Å². The molecule has 0 atom stereocenters. The summed E-state index contributed by atoms with van der Waals surface area (Å²) < 4.78 is 0. The Morgan fingerprint density at radius 2 is 1.25 bits per heavy atom. The summed E-state index contributed by atoms with van der Waals surface area (Å²) in [5.74, 6) is 0. The van der Waals surface area contributed by atoms with Crippen molar-refractivity contribution in [1.82, 2.24) is 0 Å². The molecule has 2 nitrogen and oxygen atoms in total. The van der Waals surface area contributed by atoms with Gasteiger partial charge < -0.3 is 11.5 Å². The van der Waals surface area contributed by atoms with Gasteiger partial charge in [-0.3, -0.25) is 0 Å². The molecule has 0 aliphatic carbocycles. The number of hydrogen-bond acceptors (Lipinski definition) is 2. The molecule has 0 saturated carbocycles. The third kappa shape index (κ3) is 1.30. The number of halogens is 3. The largest absolute Gasteiger partial charge is 0.397 e. The van der Waals surface area contributed by atoms with Gasteiger partial charge in [0.2, 0.25) is 0 Å². The normalized spacial score (nSPS) is 10.3. The molecule has 1 aromatic rings. The first kappa shape index (κ1) is 9.78. The van der Waals surface area contributed by atoms with Crippen molar-refractivity contribution in [2.45, 2.75) is 6.92 Å². The fourth-order valence-corrected chi connectivity index (χ4v) is 1.50. The van der Waals surface area contributed by atoms with Gasteiger partial charge in [0.15, 0.2) is 0 Å². The van der Waals surface area contributed by atoms with Crippen LogP contribution in [0.15, 0.2) is 0 Å². The first-order valence-corrected chi connectivity index (χ1v) is 4.28. The van der Waals surface area contributed by atoms with Gasteiger partial charge in [-0.25, -0.2) is 0 Å². The van der Waals surface area contributed by atoms with Gasteiger partial charge in [0, 0.05) is 0 Å². The van der Waals surface area contributed by atoms with E-state index in [1.807, 2.05) is 0 Å². The van der Waals surface area contributed by atoms with Crippen LogP contribution in [0.5, 0.6) is 0 Å². The second kappa shape index (κ2) is 3.21. The average molecular weight is 226 g/mol. The fraction of sp³-hybridized carbons (Fsp3) is 0.143. The second-order valence-electron chi connectivity index (χ2n) is 2.39. The van der Waals surface area contributed by atoms with Crippen molar-refractivity contribution < 1.29 is 0 Å². The van der Waals surface area contributed by atoms with Crippen molar-refractivity contribution in [2.75, 3.05) is 11.5 Å². The summed E-state index contributed by atoms with van der Waals surface area (Å²) in [7, 11) is 0. The van der Waals surface area contributed by atoms with E-state index in [2.05, 4.69) is 0 Å². The maximum absolute atomic E-state index is 5.81. The minimum absolute atomic E-state index is 0.213. The van der Waals surface area contributed by atoms with Crippen LogP contribution >= 0.6 is 34.8 Å². The molecule has 0 spiro atoms. The van der Waals surface area contributed by atoms with Crippen LogP contribution in [-0.2, 0) is 0 Å². The fourth-order valence-electron chi connectivity index (χ4n) is 0.818. The lowest BCUT2D eigenvalue weighted by molar-refractivity contribution is 1.47. The summed E-state index contributed by atoms with van der Waals surface area (Å²) in [5, 5.41) is 0.836. The van der Waals surface area contributed by atoms with Crippen molar-refractivity contribution in [3.05, 3.63) is 20.6 Å². The predicted octanol–water partition coefficient (Wildman–Crippen LogP) is 3.12. The topological polar surface area (TPSA) is 52.0 Å². The summed E-state index contributed by atoms with van der Waals surface area (Å²) in [4.78, 5) is 0. The number of nitrogen functional groups attached to an aromatic ring is 2. The Balaban J connectivity index is 3.60. The molecule has 0 saturated heterocycles. The smallest absolute Gasteiger partial charge is 0.0858 e. The van der Waals surface area contributed by atoms with Crippen molar-refractivity contribution in [2.24, 2.45) is 0 Å². The van der Waals surface area contributed by atoms with Gasteiger partial charge in [-0.2, -0.15) is 0 Å². The molecule has 0 unspecified atom stereocenters. The lowest BCUT2D eigenvalue weighted by Gasteiger charge is -2.10. The van der Waals surface area contributed by atoms with E-state index in [9.17, 15) is 0 Å². The maximum Gasteiger partial charge on any atom is 0.0858 e. The molecule has 1 aromatic carbocycles. The monoisotopic (exact) mass is 224 g/mol. The van der Waals surface area contributed by atoms with Gasteiger partial charge in [-0.15, -0.1) is 0 Å². The highest BCUT2D eigenvalue weighted by atomic mass is 35.5. The number of benzene rings is 1. The molecule has 0 fully saturated rings. The Hall–Kier alpha value is -0.310. The van der Waals surface area contributed by atoms with Crippen molar-refractivity contribution in [3.63, 3.8) is 0 Å². The zero-order valence-electron chi connectivity index (χ0n) is 6.29. The van der Waals surface area contributed by atoms with Gasteiger partial charge >= 0.3 is 0 Å². The van der Waals surface area contributed by atoms with E-state index < -0.39 is 0 Å². The Kier molecular flexibility index (Phi) is 2.61. The average Bonchev–Trinajstić information content (AvgIpc) is 2.08. The van der Waals surface area contributed by atoms with E-state index in [-0.39, 0.29) is 15.7 Å². The lowest BCUT2D eigenvalue weighted by atomic mass is 10.2. The summed E-state index contributed by atoms with van der Waals surface area (Å²) >= 11 is 17.3. The molecule has 0 heterocycles. The molecule has 12 heavy (non-hydrogen) atoms. The molecule has 1 rings (SSSR count). The number of anilines is 2. The highest BCUT2D eigenvalue weighted by Crippen LogP contribution is 2.41. The van der Waals surface area contributed by atoms with Crippen LogP contribution in [0.25, 0.3) is 0 Å². The quantitative estimate of drug-likeness (QED) is 0.526. The van der Waals surface area contributed by atoms with Crippen LogP contribution in [0, 0.1) is 6.92 Å². The molecular formula is C7H7Cl3N2. The molecule has 0 radical (unpaired) electrons.